The van der Waals surface area contributed by atoms with Gasteiger partial charge in [0, 0.05) is 9.80 Å². The van der Waals surface area contributed by atoms with Crippen LogP contribution < -0.4 is 9.47 Å². The first-order valence-electron chi connectivity index (χ1n) is 4.19. The van der Waals surface area contributed by atoms with Crippen LogP contribution in [0.4, 0.5) is 0 Å². The number of benzene rings is 1. The van der Waals surface area contributed by atoms with Crippen LogP contribution in [0.5, 0.6) is 11.5 Å². The summed E-state index contributed by atoms with van der Waals surface area (Å²) in [6.07, 6.45) is 0.959. The third kappa shape index (κ3) is 2.64. The summed E-state index contributed by atoms with van der Waals surface area (Å²) >= 11 is 6.91. The monoisotopic (exact) mass is 322 g/mol. The van der Waals surface area contributed by atoms with Gasteiger partial charge in [0.2, 0.25) is 0 Å². The van der Waals surface area contributed by atoms with Crippen molar-refractivity contribution in [2.75, 3.05) is 19.5 Å². The average Bonchev–Trinajstić information content (AvgIpc) is 2.20. The molecule has 0 aliphatic rings. The highest BCUT2D eigenvalue weighted by atomic mass is 79.9. The molecule has 0 aliphatic heterocycles. The highest BCUT2D eigenvalue weighted by Gasteiger charge is 2.08. The lowest BCUT2D eigenvalue weighted by Crippen LogP contribution is -1.94. The molecule has 14 heavy (non-hydrogen) atoms. The molecular weight excluding hydrogens is 312 g/mol. The minimum Gasteiger partial charge on any atom is -0.493 e. The summed E-state index contributed by atoms with van der Waals surface area (Å²) in [4.78, 5) is 0. The normalized spacial score (nSPS) is 10.0. The van der Waals surface area contributed by atoms with Crippen molar-refractivity contribution >= 4 is 31.9 Å². The van der Waals surface area contributed by atoms with Gasteiger partial charge < -0.3 is 9.47 Å². The van der Waals surface area contributed by atoms with Gasteiger partial charge in [-0.25, -0.2) is 0 Å². The molecule has 2 nitrogen and oxygen atoms in total. The Hall–Kier alpha value is -0.220. The van der Waals surface area contributed by atoms with Gasteiger partial charge >= 0.3 is 0 Å². The third-order valence-corrected chi connectivity index (χ3v) is 3.05. The Balaban J connectivity index is 3.09. The van der Waals surface area contributed by atoms with Crippen molar-refractivity contribution in [1.29, 1.82) is 0 Å². The fraction of sp³-hybridized carbons (Fsp3) is 0.400. The molecule has 1 aromatic rings. The highest BCUT2D eigenvalue weighted by Crippen LogP contribution is 2.33. The van der Waals surface area contributed by atoms with E-state index in [-0.39, 0.29) is 0 Å². The Bertz CT molecular complexity index is 313. The van der Waals surface area contributed by atoms with Crippen LogP contribution in [0.3, 0.4) is 0 Å². The van der Waals surface area contributed by atoms with Crippen molar-refractivity contribution in [2.45, 2.75) is 6.42 Å². The quantitative estimate of drug-likeness (QED) is 0.791. The second-order valence-corrected chi connectivity index (χ2v) is 4.38. The molecule has 0 aromatic heterocycles. The number of hydrogen-bond acceptors (Lipinski definition) is 2. The highest BCUT2D eigenvalue weighted by molar-refractivity contribution is 9.10. The van der Waals surface area contributed by atoms with E-state index in [1.165, 1.54) is 5.56 Å². The fourth-order valence-corrected chi connectivity index (χ4v) is 2.14. The molecule has 0 saturated carbocycles. The molecule has 4 heteroatoms. The van der Waals surface area contributed by atoms with Crippen LogP contribution in [0, 0.1) is 0 Å². The molecule has 1 aromatic carbocycles. The minimum absolute atomic E-state index is 0.748. The first-order chi connectivity index (χ1) is 6.72. The van der Waals surface area contributed by atoms with E-state index in [1.54, 1.807) is 14.2 Å². The molecule has 0 radical (unpaired) electrons. The summed E-state index contributed by atoms with van der Waals surface area (Å²) in [6.45, 7) is 0. The van der Waals surface area contributed by atoms with Gasteiger partial charge in [0.1, 0.15) is 0 Å². The number of ether oxygens (including phenoxy) is 2. The SMILES string of the molecule is COc1cc(Br)c(CCBr)cc1OC. The summed E-state index contributed by atoms with van der Waals surface area (Å²) in [5.74, 6) is 1.52. The molecule has 0 saturated heterocycles. The van der Waals surface area contributed by atoms with Gasteiger partial charge in [0.05, 0.1) is 14.2 Å². The van der Waals surface area contributed by atoms with Gasteiger partial charge in [-0.1, -0.05) is 31.9 Å². The zero-order valence-electron chi connectivity index (χ0n) is 8.14. The van der Waals surface area contributed by atoms with E-state index in [4.69, 9.17) is 9.47 Å². The van der Waals surface area contributed by atoms with Gasteiger partial charge in [-0.3, -0.25) is 0 Å². The molecule has 0 unspecified atom stereocenters. The predicted molar refractivity (Wildman–Crippen MR) is 64.7 cm³/mol. The van der Waals surface area contributed by atoms with Crippen LogP contribution in [0.2, 0.25) is 0 Å². The lowest BCUT2D eigenvalue weighted by molar-refractivity contribution is 0.354. The van der Waals surface area contributed by atoms with E-state index in [9.17, 15) is 0 Å². The van der Waals surface area contributed by atoms with Crippen molar-refractivity contribution in [3.63, 3.8) is 0 Å². The third-order valence-electron chi connectivity index (χ3n) is 1.92. The van der Waals surface area contributed by atoms with Gasteiger partial charge in [-0.05, 0) is 24.1 Å². The number of methoxy groups -OCH3 is 2. The molecular formula is C10H12Br2O2. The zero-order valence-corrected chi connectivity index (χ0v) is 11.3. The molecule has 0 heterocycles. The Morgan fingerprint density at radius 2 is 1.71 bits per heavy atom. The molecule has 0 atom stereocenters. The van der Waals surface area contributed by atoms with E-state index < -0.39 is 0 Å². The van der Waals surface area contributed by atoms with Crippen LogP contribution in [-0.2, 0) is 6.42 Å². The Labute approximate surface area is 101 Å². The molecule has 0 bridgehead atoms. The number of alkyl halides is 1. The maximum absolute atomic E-state index is 5.22. The summed E-state index contributed by atoms with van der Waals surface area (Å²) in [5, 5.41) is 0.932. The van der Waals surface area contributed by atoms with Gasteiger partial charge in [0.25, 0.3) is 0 Å². The predicted octanol–water partition coefficient (Wildman–Crippen LogP) is 3.40. The molecule has 0 fully saturated rings. The van der Waals surface area contributed by atoms with Gasteiger partial charge in [-0.2, -0.15) is 0 Å². The maximum Gasteiger partial charge on any atom is 0.161 e. The first-order valence-corrected chi connectivity index (χ1v) is 6.10. The molecule has 0 amide bonds. The van der Waals surface area contributed by atoms with Gasteiger partial charge in [0.15, 0.2) is 11.5 Å². The van der Waals surface area contributed by atoms with Crippen LogP contribution in [0.1, 0.15) is 5.56 Å². The number of halogens is 2. The van der Waals surface area contributed by atoms with Gasteiger partial charge in [-0.15, -0.1) is 0 Å². The molecule has 0 spiro atoms. The van der Waals surface area contributed by atoms with Crippen molar-refractivity contribution < 1.29 is 9.47 Å². The van der Waals surface area contributed by atoms with Crippen molar-refractivity contribution in [1.82, 2.24) is 0 Å². The van der Waals surface area contributed by atoms with E-state index in [2.05, 4.69) is 31.9 Å². The largest absolute Gasteiger partial charge is 0.493 e. The van der Waals surface area contributed by atoms with E-state index in [0.29, 0.717) is 0 Å². The van der Waals surface area contributed by atoms with Crippen LogP contribution in [0.25, 0.3) is 0 Å². The van der Waals surface area contributed by atoms with Crippen LogP contribution in [0.15, 0.2) is 16.6 Å². The molecule has 0 N–H and O–H groups in total. The summed E-state index contributed by atoms with van der Waals surface area (Å²) in [6, 6.07) is 3.92. The second kappa shape index (κ2) is 5.61. The summed E-state index contributed by atoms with van der Waals surface area (Å²) < 4.78 is 11.5. The molecule has 0 aliphatic carbocycles. The average molecular weight is 324 g/mol. The number of rotatable bonds is 4. The van der Waals surface area contributed by atoms with Crippen LogP contribution >= 0.6 is 31.9 Å². The number of hydrogen-bond donors (Lipinski definition) is 0. The zero-order chi connectivity index (χ0) is 10.6. The van der Waals surface area contributed by atoms with Crippen molar-refractivity contribution in [3.05, 3.63) is 22.2 Å². The van der Waals surface area contributed by atoms with Crippen LogP contribution in [-0.4, -0.2) is 19.5 Å². The Morgan fingerprint density at radius 3 is 2.21 bits per heavy atom. The molecule has 78 valence electrons. The first kappa shape index (κ1) is 11.9. The maximum atomic E-state index is 5.22. The Morgan fingerprint density at radius 1 is 1.14 bits per heavy atom. The fourth-order valence-electron chi connectivity index (χ4n) is 1.19. The Kier molecular flexibility index (Phi) is 4.75. The smallest absolute Gasteiger partial charge is 0.161 e. The topological polar surface area (TPSA) is 18.5 Å². The summed E-state index contributed by atoms with van der Waals surface area (Å²) in [5.41, 5.74) is 1.21. The van der Waals surface area contributed by atoms with E-state index in [0.717, 1.165) is 27.7 Å². The van der Waals surface area contributed by atoms with Crippen molar-refractivity contribution in [3.8, 4) is 11.5 Å². The number of aryl methyl sites for hydroxylation is 1. The lowest BCUT2D eigenvalue weighted by atomic mass is 10.1. The van der Waals surface area contributed by atoms with E-state index >= 15 is 0 Å². The second-order valence-electron chi connectivity index (χ2n) is 2.74. The summed E-state index contributed by atoms with van der Waals surface area (Å²) in [7, 11) is 3.28. The van der Waals surface area contributed by atoms with E-state index in [1.807, 2.05) is 12.1 Å². The standard InChI is InChI=1S/C10H12Br2O2/c1-13-9-5-7(3-4-11)8(12)6-10(9)14-2/h5-6H,3-4H2,1-2H3. The minimum atomic E-state index is 0.748. The lowest BCUT2D eigenvalue weighted by Gasteiger charge is -2.10. The molecule has 1 rings (SSSR count). The van der Waals surface area contributed by atoms with Crippen molar-refractivity contribution in [2.24, 2.45) is 0 Å².